The van der Waals surface area contributed by atoms with Crippen LogP contribution in [0.4, 0.5) is 14.5 Å². The predicted octanol–water partition coefficient (Wildman–Crippen LogP) is 0.754. The van der Waals surface area contributed by atoms with Crippen LogP contribution in [0, 0.1) is 11.6 Å². The highest BCUT2D eigenvalue weighted by atomic mass is 32.2. The van der Waals surface area contributed by atoms with Crippen molar-refractivity contribution in [3.8, 4) is 0 Å². The van der Waals surface area contributed by atoms with Gasteiger partial charge in [-0.05, 0) is 24.1 Å². The summed E-state index contributed by atoms with van der Waals surface area (Å²) in [6.07, 6.45) is 0.826. The Hall–Kier alpha value is -1.70. The van der Waals surface area contributed by atoms with E-state index < -0.39 is 33.3 Å². The lowest BCUT2D eigenvalue weighted by Crippen LogP contribution is -2.14. The van der Waals surface area contributed by atoms with Crippen LogP contribution in [0.2, 0.25) is 0 Å². The zero-order valence-corrected chi connectivity index (χ0v) is 10.4. The Morgan fingerprint density at radius 2 is 1.83 bits per heavy atom. The molecule has 8 heteroatoms. The topological polar surface area (TPSA) is 89.3 Å². The molecule has 3 N–H and O–H groups in total. The molecular formula is C10H12F2N2O3S. The average molecular weight is 278 g/mol. The van der Waals surface area contributed by atoms with Crippen molar-refractivity contribution in [3.63, 3.8) is 0 Å². The van der Waals surface area contributed by atoms with Crippen LogP contribution in [0.5, 0.6) is 0 Å². The molecule has 1 aromatic carbocycles. The SMILES string of the molecule is CS(=O)(=O)Nc1c(F)cc(CCC(N)=O)cc1F. The molecule has 0 aliphatic heterocycles. The van der Waals surface area contributed by atoms with Crippen molar-refractivity contribution in [2.45, 2.75) is 12.8 Å². The molecule has 0 bridgehead atoms. The molecular weight excluding hydrogens is 266 g/mol. The minimum absolute atomic E-state index is 0.0439. The zero-order valence-electron chi connectivity index (χ0n) is 9.54. The number of rotatable bonds is 5. The number of primary amides is 1. The Morgan fingerprint density at radius 1 is 1.33 bits per heavy atom. The summed E-state index contributed by atoms with van der Waals surface area (Å²) < 4.78 is 50.5. The van der Waals surface area contributed by atoms with Crippen LogP contribution in [0.3, 0.4) is 0 Å². The van der Waals surface area contributed by atoms with Gasteiger partial charge >= 0.3 is 0 Å². The van der Waals surface area contributed by atoms with Crippen molar-refractivity contribution in [1.29, 1.82) is 0 Å². The van der Waals surface area contributed by atoms with E-state index in [-0.39, 0.29) is 18.4 Å². The van der Waals surface area contributed by atoms with Gasteiger partial charge in [-0.2, -0.15) is 0 Å². The number of nitrogens with two attached hydrogens (primary N) is 1. The molecule has 0 aliphatic carbocycles. The lowest BCUT2D eigenvalue weighted by atomic mass is 10.1. The fourth-order valence-electron chi connectivity index (χ4n) is 1.32. The molecule has 1 rings (SSSR count). The van der Waals surface area contributed by atoms with Crippen LogP contribution in [-0.4, -0.2) is 20.6 Å². The van der Waals surface area contributed by atoms with E-state index in [2.05, 4.69) is 0 Å². The van der Waals surface area contributed by atoms with E-state index in [9.17, 15) is 22.0 Å². The van der Waals surface area contributed by atoms with Crippen molar-refractivity contribution in [2.75, 3.05) is 11.0 Å². The van der Waals surface area contributed by atoms with Gasteiger partial charge in [0.05, 0.1) is 6.26 Å². The maximum absolute atomic E-state index is 13.5. The number of aryl methyl sites for hydroxylation is 1. The first kappa shape index (κ1) is 14.4. The minimum atomic E-state index is -3.76. The molecule has 0 fully saturated rings. The molecule has 0 heterocycles. The van der Waals surface area contributed by atoms with E-state index in [1.54, 1.807) is 4.72 Å². The molecule has 100 valence electrons. The Bertz CT molecular complexity index is 549. The molecule has 1 amide bonds. The monoisotopic (exact) mass is 278 g/mol. The van der Waals surface area contributed by atoms with E-state index in [0.29, 0.717) is 0 Å². The van der Waals surface area contributed by atoms with Gasteiger partial charge in [0.15, 0.2) is 11.6 Å². The number of carbonyl (C=O) groups excluding carboxylic acids is 1. The Labute approximate surface area is 103 Å². The number of sulfonamides is 1. The summed E-state index contributed by atoms with van der Waals surface area (Å²) in [7, 11) is -3.76. The fraction of sp³-hybridized carbons (Fsp3) is 0.300. The number of carbonyl (C=O) groups is 1. The highest BCUT2D eigenvalue weighted by molar-refractivity contribution is 7.92. The Balaban J connectivity index is 3.01. The largest absolute Gasteiger partial charge is 0.370 e. The first-order chi connectivity index (χ1) is 8.19. The number of nitrogens with one attached hydrogen (secondary N) is 1. The molecule has 0 unspecified atom stereocenters. The van der Waals surface area contributed by atoms with Crippen molar-refractivity contribution in [3.05, 3.63) is 29.3 Å². The highest BCUT2D eigenvalue weighted by Crippen LogP contribution is 2.22. The summed E-state index contributed by atoms with van der Waals surface area (Å²) in [5.74, 6) is -2.67. The molecule has 0 saturated carbocycles. The van der Waals surface area contributed by atoms with E-state index in [1.165, 1.54) is 0 Å². The Kier molecular flexibility index (Phi) is 4.23. The molecule has 0 atom stereocenters. The molecule has 0 spiro atoms. The molecule has 0 radical (unpaired) electrons. The van der Waals surface area contributed by atoms with Gasteiger partial charge in [0.1, 0.15) is 5.69 Å². The van der Waals surface area contributed by atoms with Gasteiger partial charge in [-0.3, -0.25) is 9.52 Å². The third-order valence-electron chi connectivity index (χ3n) is 2.05. The second-order valence-electron chi connectivity index (χ2n) is 3.78. The van der Waals surface area contributed by atoms with Crippen molar-refractivity contribution in [1.82, 2.24) is 0 Å². The molecule has 5 nitrogen and oxygen atoms in total. The van der Waals surface area contributed by atoms with E-state index >= 15 is 0 Å². The standard InChI is InChI=1S/C10H12F2N2O3S/c1-18(16,17)14-10-7(11)4-6(5-8(10)12)2-3-9(13)15/h4-5,14H,2-3H2,1H3,(H2,13,15). The predicted molar refractivity (Wildman–Crippen MR) is 62.3 cm³/mol. The average Bonchev–Trinajstić information content (AvgIpc) is 2.19. The highest BCUT2D eigenvalue weighted by Gasteiger charge is 2.15. The lowest BCUT2D eigenvalue weighted by Gasteiger charge is -2.08. The third kappa shape index (κ3) is 4.28. The Morgan fingerprint density at radius 3 is 2.22 bits per heavy atom. The van der Waals surface area contributed by atoms with Gasteiger partial charge in [0, 0.05) is 6.42 Å². The zero-order chi connectivity index (χ0) is 13.9. The van der Waals surface area contributed by atoms with Crippen molar-refractivity contribution >= 4 is 21.6 Å². The second kappa shape index (κ2) is 5.30. The second-order valence-corrected chi connectivity index (χ2v) is 5.52. The number of halogens is 2. The van der Waals surface area contributed by atoms with Gasteiger partial charge in [-0.15, -0.1) is 0 Å². The van der Waals surface area contributed by atoms with Gasteiger partial charge in [0.25, 0.3) is 0 Å². The molecule has 0 aliphatic rings. The lowest BCUT2D eigenvalue weighted by molar-refractivity contribution is -0.117. The normalized spacial score (nSPS) is 11.3. The summed E-state index contributed by atoms with van der Waals surface area (Å²) in [5.41, 5.74) is 4.40. The quantitative estimate of drug-likeness (QED) is 0.833. The third-order valence-corrected chi connectivity index (χ3v) is 2.62. The summed E-state index contributed by atoms with van der Waals surface area (Å²) in [4.78, 5) is 10.5. The number of hydrogen-bond donors (Lipinski definition) is 2. The van der Waals surface area contributed by atoms with Crippen LogP contribution in [0.25, 0.3) is 0 Å². The van der Waals surface area contributed by atoms with Crippen LogP contribution < -0.4 is 10.5 Å². The van der Waals surface area contributed by atoms with Crippen LogP contribution >= 0.6 is 0 Å². The van der Waals surface area contributed by atoms with Crippen LogP contribution in [0.1, 0.15) is 12.0 Å². The number of benzene rings is 1. The summed E-state index contributed by atoms with van der Waals surface area (Å²) in [5, 5.41) is 0. The molecule has 18 heavy (non-hydrogen) atoms. The number of amides is 1. The fourth-order valence-corrected chi connectivity index (χ4v) is 1.89. The molecule has 1 aromatic rings. The van der Waals surface area contributed by atoms with E-state index in [4.69, 9.17) is 5.73 Å². The van der Waals surface area contributed by atoms with Crippen LogP contribution in [-0.2, 0) is 21.2 Å². The first-order valence-electron chi connectivity index (χ1n) is 4.93. The smallest absolute Gasteiger partial charge is 0.230 e. The first-order valence-corrected chi connectivity index (χ1v) is 6.82. The van der Waals surface area contributed by atoms with Gasteiger partial charge in [-0.1, -0.05) is 0 Å². The van der Waals surface area contributed by atoms with Gasteiger partial charge in [0.2, 0.25) is 15.9 Å². The molecule has 0 aromatic heterocycles. The van der Waals surface area contributed by atoms with E-state index in [1.807, 2.05) is 0 Å². The summed E-state index contributed by atoms with van der Waals surface area (Å²) >= 11 is 0. The van der Waals surface area contributed by atoms with Crippen LogP contribution in [0.15, 0.2) is 12.1 Å². The number of anilines is 1. The van der Waals surface area contributed by atoms with E-state index in [0.717, 1.165) is 18.4 Å². The number of hydrogen-bond acceptors (Lipinski definition) is 3. The summed E-state index contributed by atoms with van der Waals surface area (Å²) in [6.45, 7) is 0. The minimum Gasteiger partial charge on any atom is -0.370 e. The maximum Gasteiger partial charge on any atom is 0.230 e. The van der Waals surface area contributed by atoms with Gasteiger partial charge in [-0.25, -0.2) is 17.2 Å². The summed E-state index contributed by atoms with van der Waals surface area (Å²) in [6, 6.07) is 1.92. The maximum atomic E-state index is 13.5. The molecule has 0 saturated heterocycles. The van der Waals surface area contributed by atoms with Gasteiger partial charge < -0.3 is 5.73 Å². The van der Waals surface area contributed by atoms with Crippen molar-refractivity contribution < 1.29 is 22.0 Å². The van der Waals surface area contributed by atoms with Crippen molar-refractivity contribution in [2.24, 2.45) is 5.73 Å².